The maximum Gasteiger partial charge on any atom is 0.0547 e. The lowest BCUT2D eigenvalue weighted by Gasteiger charge is -2.17. The van der Waals surface area contributed by atoms with E-state index in [0.29, 0.717) is 0 Å². The first-order chi connectivity index (χ1) is 36.7. The zero-order valence-corrected chi connectivity index (χ0v) is 41.4. The number of para-hydroxylation sites is 4. The molecule has 0 saturated carbocycles. The van der Waals surface area contributed by atoms with Gasteiger partial charge in [0.25, 0.3) is 0 Å². The van der Waals surface area contributed by atoms with Gasteiger partial charge < -0.3 is 9.13 Å². The monoisotopic (exact) mass is 972 g/mol. The van der Waals surface area contributed by atoms with E-state index in [9.17, 15) is 0 Å². The Morgan fingerprint density at radius 2 is 0.622 bits per heavy atom. The van der Waals surface area contributed by atoms with Gasteiger partial charge in [-0.3, -0.25) is 0 Å². The van der Waals surface area contributed by atoms with Crippen LogP contribution in [-0.2, 0) is 0 Å². The van der Waals surface area contributed by atoms with Crippen LogP contribution in [0.15, 0.2) is 243 Å². The van der Waals surface area contributed by atoms with Crippen LogP contribution in [0.4, 0.5) is 0 Å². The van der Waals surface area contributed by atoms with Crippen molar-refractivity contribution in [1.29, 1.82) is 0 Å². The maximum atomic E-state index is 2.53. The highest BCUT2D eigenvalue weighted by Gasteiger charge is 2.24. The molecule has 0 fully saturated rings. The lowest BCUT2D eigenvalue weighted by molar-refractivity contribution is 1.18. The molecule has 17 aromatic rings. The van der Waals surface area contributed by atoms with Gasteiger partial charge in [-0.05, 0) is 128 Å². The van der Waals surface area contributed by atoms with E-state index in [1.807, 2.05) is 22.7 Å². The molecule has 4 heterocycles. The second-order valence-corrected chi connectivity index (χ2v) is 21.9. The van der Waals surface area contributed by atoms with Crippen LogP contribution >= 0.6 is 22.7 Å². The van der Waals surface area contributed by atoms with Crippen molar-refractivity contribution in [2.75, 3.05) is 0 Å². The van der Waals surface area contributed by atoms with Crippen molar-refractivity contribution in [3.63, 3.8) is 0 Å². The zero-order valence-electron chi connectivity index (χ0n) is 39.8. The van der Waals surface area contributed by atoms with Crippen molar-refractivity contribution in [1.82, 2.24) is 9.13 Å². The third-order valence-corrected chi connectivity index (χ3v) is 18.5. The molecule has 0 radical (unpaired) electrons. The Morgan fingerprint density at radius 1 is 0.230 bits per heavy atom. The molecule has 17 rings (SSSR count). The number of thiophene rings is 2. The Bertz CT molecular complexity index is 4910. The molecule has 0 amide bonds. The summed E-state index contributed by atoms with van der Waals surface area (Å²) in [4.78, 5) is 0. The highest BCUT2D eigenvalue weighted by atomic mass is 32.1. The van der Waals surface area contributed by atoms with Crippen molar-refractivity contribution in [2.24, 2.45) is 0 Å². The van der Waals surface area contributed by atoms with E-state index in [-0.39, 0.29) is 0 Å². The van der Waals surface area contributed by atoms with E-state index >= 15 is 0 Å². The third-order valence-electron chi connectivity index (χ3n) is 16.0. The number of fused-ring (bicyclic) bond motifs is 20. The van der Waals surface area contributed by atoms with Crippen LogP contribution in [0.25, 0.3) is 161 Å². The minimum atomic E-state index is 1.16. The Kier molecular flexibility index (Phi) is 8.34. The summed E-state index contributed by atoms with van der Waals surface area (Å²) in [5.41, 5.74) is 12.2. The van der Waals surface area contributed by atoms with Crippen LogP contribution in [0.3, 0.4) is 0 Å². The predicted molar refractivity (Wildman–Crippen MR) is 322 cm³/mol. The summed E-state index contributed by atoms with van der Waals surface area (Å²) >= 11 is 3.82. The van der Waals surface area contributed by atoms with Crippen LogP contribution < -0.4 is 0 Å². The molecule has 0 bridgehead atoms. The molecular formula is C70H40N2S2. The fraction of sp³-hybridized carbons (Fsp3) is 0. The van der Waals surface area contributed by atoms with Crippen molar-refractivity contribution in [3.8, 4) is 33.6 Å². The molecule has 0 aliphatic heterocycles. The highest BCUT2D eigenvalue weighted by Crippen LogP contribution is 2.51. The molecule has 74 heavy (non-hydrogen) atoms. The minimum absolute atomic E-state index is 1.16. The van der Waals surface area contributed by atoms with Crippen LogP contribution in [-0.4, -0.2) is 9.13 Å². The first-order valence-electron chi connectivity index (χ1n) is 25.4. The average Bonchev–Trinajstić information content (AvgIpc) is 4.29. The van der Waals surface area contributed by atoms with Gasteiger partial charge in [0.05, 0.1) is 22.1 Å². The van der Waals surface area contributed by atoms with Gasteiger partial charge in [0.1, 0.15) is 0 Å². The van der Waals surface area contributed by atoms with Gasteiger partial charge in [-0.2, -0.15) is 0 Å². The summed E-state index contributed by atoms with van der Waals surface area (Å²) in [7, 11) is 0. The summed E-state index contributed by atoms with van der Waals surface area (Å²) < 4.78 is 10.2. The van der Waals surface area contributed by atoms with Crippen LogP contribution in [0.1, 0.15) is 0 Å². The standard InChI is InChI=1S/C70H40N2S2/c1-3-17-43(18-4-1)71-59-29-11-7-23-53(59)67-61(71)35-33-47-55-37-42-40-58(52-28-16-26-50-46-22-10-14-32-64(46)74-70(50)52)66-48(34-36-62-68(66)54-24-8-12-30-60(54)72(62)44-19-5-2-6-20-44)56(42)38-41(55)39-57(65(47)67)51-27-15-25-49-45-21-9-13-31-63(45)73-69(49)51/h1-40H. The molecule has 13 aromatic carbocycles. The molecule has 0 spiro atoms. The van der Waals surface area contributed by atoms with Gasteiger partial charge in [-0.25, -0.2) is 0 Å². The molecule has 0 N–H and O–H groups in total. The number of benzene rings is 13. The number of rotatable bonds is 4. The van der Waals surface area contributed by atoms with E-state index in [4.69, 9.17) is 0 Å². The summed E-state index contributed by atoms with van der Waals surface area (Å²) in [6.45, 7) is 0. The van der Waals surface area contributed by atoms with E-state index in [2.05, 4.69) is 252 Å². The van der Waals surface area contributed by atoms with Crippen LogP contribution in [0.2, 0.25) is 0 Å². The first kappa shape index (κ1) is 40.5. The van der Waals surface area contributed by atoms with Gasteiger partial charge in [-0.1, -0.05) is 158 Å². The first-order valence-corrected chi connectivity index (χ1v) is 27.0. The molecule has 2 nitrogen and oxygen atoms in total. The summed E-state index contributed by atoms with van der Waals surface area (Å²) in [5, 5.41) is 20.4. The SMILES string of the molecule is c1ccc(-n2c3ccccc3c3c4c(-c5cccc6c5sc5ccccc56)cc5cc6c(cc(-c7cccc8c7sc7ccccc78)c7c6ccc6c7c7ccccc7n6-c6ccccc6)cc5c4ccc32)cc1. The van der Waals surface area contributed by atoms with Gasteiger partial charge in [0.15, 0.2) is 0 Å². The fourth-order valence-corrected chi connectivity index (χ4v) is 15.4. The predicted octanol–water partition coefficient (Wildman–Crippen LogP) is 20.6. The normalized spacial score (nSPS) is 12.3. The Hall–Kier alpha value is -9.06. The van der Waals surface area contributed by atoms with Crippen molar-refractivity contribution >= 4 is 150 Å². The summed E-state index contributed by atoms with van der Waals surface area (Å²) in [6.07, 6.45) is 0. The van der Waals surface area contributed by atoms with Crippen LogP contribution in [0, 0.1) is 0 Å². The molecule has 0 aliphatic carbocycles. The molecule has 0 aliphatic rings. The second-order valence-electron chi connectivity index (χ2n) is 19.8. The van der Waals surface area contributed by atoms with Gasteiger partial charge in [-0.15, -0.1) is 22.7 Å². The Labute approximate surface area is 432 Å². The summed E-state index contributed by atoms with van der Waals surface area (Å²) in [6, 6.07) is 91.1. The number of aromatic nitrogens is 2. The smallest absolute Gasteiger partial charge is 0.0547 e. The number of hydrogen-bond donors (Lipinski definition) is 0. The Balaban J connectivity index is 1.06. The third kappa shape index (κ3) is 5.53. The molecular weight excluding hydrogens is 933 g/mol. The maximum absolute atomic E-state index is 2.53. The lowest BCUT2D eigenvalue weighted by Crippen LogP contribution is -1.94. The van der Waals surface area contributed by atoms with Crippen molar-refractivity contribution < 1.29 is 0 Å². The van der Waals surface area contributed by atoms with Gasteiger partial charge in [0, 0.05) is 95.2 Å². The van der Waals surface area contributed by atoms with E-state index in [1.165, 1.54) is 149 Å². The molecule has 0 unspecified atom stereocenters. The number of nitrogens with zero attached hydrogens (tertiary/aromatic N) is 2. The van der Waals surface area contributed by atoms with E-state index in [0.717, 1.165) is 11.4 Å². The van der Waals surface area contributed by atoms with Crippen molar-refractivity contribution in [3.05, 3.63) is 243 Å². The highest BCUT2D eigenvalue weighted by molar-refractivity contribution is 7.26. The van der Waals surface area contributed by atoms with Gasteiger partial charge >= 0.3 is 0 Å². The van der Waals surface area contributed by atoms with Crippen molar-refractivity contribution in [2.45, 2.75) is 0 Å². The second kappa shape index (κ2) is 15.2. The summed E-state index contributed by atoms with van der Waals surface area (Å²) in [5.74, 6) is 0. The average molecular weight is 973 g/mol. The lowest BCUT2D eigenvalue weighted by atomic mass is 9.86. The van der Waals surface area contributed by atoms with E-state index < -0.39 is 0 Å². The molecule has 342 valence electrons. The molecule has 4 heteroatoms. The fourth-order valence-electron chi connectivity index (χ4n) is 13.0. The van der Waals surface area contributed by atoms with Crippen LogP contribution in [0.5, 0.6) is 0 Å². The minimum Gasteiger partial charge on any atom is -0.309 e. The Morgan fingerprint density at radius 3 is 1.08 bits per heavy atom. The topological polar surface area (TPSA) is 9.86 Å². The zero-order chi connectivity index (χ0) is 48.2. The molecule has 0 atom stereocenters. The van der Waals surface area contributed by atoms with Gasteiger partial charge in [0.2, 0.25) is 0 Å². The quantitative estimate of drug-likeness (QED) is 0.123. The largest absolute Gasteiger partial charge is 0.309 e. The number of hydrogen-bond acceptors (Lipinski definition) is 2. The molecule has 4 aromatic heterocycles. The molecule has 0 saturated heterocycles. The van der Waals surface area contributed by atoms with E-state index in [1.54, 1.807) is 0 Å².